The van der Waals surface area contributed by atoms with Crippen LogP contribution in [0.2, 0.25) is 0 Å². The molecule has 3 nitrogen and oxygen atoms in total. The Kier molecular flexibility index (Phi) is 1.52. The average molecular weight is 209 g/mol. The van der Waals surface area contributed by atoms with Crippen LogP contribution in [0.1, 0.15) is 30.6 Å². The molecule has 1 fully saturated rings. The van der Waals surface area contributed by atoms with Gasteiger partial charge in [0.05, 0.1) is 6.85 Å². The molecule has 2 N–H and O–H groups in total. The topological polar surface area (TPSA) is 46.3 Å². The smallest absolute Gasteiger partial charge is 0.254 e. The molecular formula is C12H16N2O. The molecule has 1 saturated heterocycles. The van der Waals surface area contributed by atoms with Gasteiger partial charge in [-0.3, -0.25) is 4.79 Å². The molecule has 0 saturated carbocycles. The molecule has 2 atom stereocenters. The van der Waals surface area contributed by atoms with Gasteiger partial charge in [0, 0.05) is 24.2 Å². The van der Waals surface area contributed by atoms with Gasteiger partial charge < -0.3 is 10.6 Å². The zero-order chi connectivity index (χ0) is 15.2. The average Bonchev–Trinajstić information content (AvgIpc) is 2.74. The quantitative estimate of drug-likeness (QED) is 0.756. The van der Waals surface area contributed by atoms with E-state index in [1.54, 1.807) is 6.92 Å². The summed E-state index contributed by atoms with van der Waals surface area (Å²) >= 11 is 0. The molecule has 3 heteroatoms. The Morgan fingerprint density at radius 2 is 2.20 bits per heavy atom. The SMILES string of the molecule is [2H]c1c([2H])c([2H])c(C(=O)N2CC[C@@H](N)[C@H]2C)c([2H])c1[2H]. The van der Waals surface area contributed by atoms with Crippen LogP contribution in [-0.2, 0) is 0 Å². The predicted molar refractivity (Wildman–Crippen MR) is 59.5 cm³/mol. The van der Waals surface area contributed by atoms with Crippen LogP contribution in [-0.4, -0.2) is 29.4 Å². The van der Waals surface area contributed by atoms with Crippen LogP contribution in [0, 0.1) is 0 Å². The second-order valence-electron chi connectivity index (χ2n) is 3.69. The van der Waals surface area contributed by atoms with Crippen molar-refractivity contribution in [2.45, 2.75) is 25.4 Å². The molecule has 1 aliphatic heterocycles. The molecule has 0 aromatic heterocycles. The zero-order valence-corrected chi connectivity index (χ0v) is 8.50. The summed E-state index contributed by atoms with van der Waals surface area (Å²) in [5.74, 6) is -0.553. The van der Waals surface area contributed by atoms with E-state index in [0.717, 1.165) is 0 Å². The van der Waals surface area contributed by atoms with Gasteiger partial charge in [-0.25, -0.2) is 0 Å². The fourth-order valence-electron chi connectivity index (χ4n) is 1.75. The van der Waals surface area contributed by atoms with Crippen molar-refractivity contribution in [1.29, 1.82) is 0 Å². The normalized spacial score (nSPS) is 30.3. The van der Waals surface area contributed by atoms with E-state index in [1.165, 1.54) is 4.90 Å². The van der Waals surface area contributed by atoms with Crippen LogP contribution in [0.15, 0.2) is 30.2 Å². The number of nitrogens with two attached hydrogens (primary N) is 1. The van der Waals surface area contributed by atoms with Gasteiger partial charge in [-0.15, -0.1) is 0 Å². The molecule has 0 unspecified atom stereocenters. The minimum atomic E-state index is -0.553. The number of amides is 1. The Morgan fingerprint density at radius 3 is 2.73 bits per heavy atom. The molecule has 0 aliphatic carbocycles. The highest BCUT2D eigenvalue weighted by atomic mass is 16.2. The van der Waals surface area contributed by atoms with Gasteiger partial charge in [-0.2, -0.15) is 0 Å². The van der Waals surface area contributed by atoms with E-state index in [4.69, 9.17) is 12.6 Å². The molecule has 0 bridgehead atoms. The first-order valence-corrected chi connectivity index (χ1v) is 4.90. The Bertz CT molecular complexity index is 548. The number of carbonyl (C=O) groups excluding carboxylic acids is 1. The first-order chi connectivity index (χ1) is 9.27. The van der Waals surface area contributed by atoms with E-state index in [0.29, 0.717) is 13.0 Å². The molecule has 15 heavy (non-hydrogen) atoms. The maximum atomic E-state index is 12.5. The summed E-state index contributed by atoms with van der Waals surface area (Å²) in [4.78, 5) is 13.9. The second-order valence-corrected chi connectivity index (χ2v) is 3.69. The number of benzene rings is 1. The number of nitrogens with zero attached hydrogens (tertiary/aromatic N) is 1. The number of likely N-dealkylation sites (tertiary alicyclic amines) is 1. The zero-order valence-electron chi connectivity index (χ0n) is 13.5. The van der Waals surface area contributed by atoms with Crippen molar-refractivity contribution in [2.75, 3.05) is 6.54 Å². The predicted octanol–water partition coefficient (Wildman–Crippen LogP) is 1.25. The Labute approximate surface area is 96.9 Å². The standard InChI is InChI=1S/C12H16N2O/c1-9-11(13)7-8-14(9)12(15)10-5-3-2-4-6-10/h2-6,9,11H,7-8,13H2,1H3/t9-,11-/m1/s1/i2D,3D,4D,5D,6D. The first kappa shape index (κ1) is 5.66. The van der Waals surface area contributed by atoms with Crippen molar-refractivity contribution in [3.63, 3.8) is 0 Å². The summed E-state index contributed by atoms with van der Waals surface area (Å²) in [5.41, 5.74) is 5.57. The number of hydrogen-bond donors (Lipinski definition) is 1. The van der Waals surface area contributed by atoms with E-state index in [1.807, 2.05) is 0 Å². The Morgan fingerprint density at radius 1 is 1.53 bits per heavy atom. The highest BCUT2D eigenvalue weighted by Crippen LogP contribution is 2.18. The lowest BCUT2D eigenvalue weighted by atomic mass is 10.1. The van der Waals surface area contributed by atoms with Crippen LogP contribution in [0.4, 0.5) is 0 Å². The number of hydrogen-bond acceptors (Lipinski definition) is 2. The lowest BCUT2D eigenvalue weighted by molar-refractivity contribution is 0.0742. The summed E-state index contributed by atoms with van der Waals surface area (Å²) in [6.45, 7) is 2.23. The minimum absolute atomic E-state index is 0.149. The number of carbonyl (C=O) groups is 1. The van der Waals surface area contributed by atoms with E-state index < -0.39 is 36.1 Å². The van der Waals surface area contributed by atoms with Crippen molar-refractivity contribution < 1.29 is 11.6 Å². The summed E-state index contributed by atoms with van der Waals surface area (Å²) < 4.78 is 38.3. The maximum absolute atomic E-state index is 12.5. The van der Waals surface area contributed by atoms with Crippen molar-refractivity contribution in [1.82, 2.24) is 4.90 Å². The highest BCUT2D eigenvalue weighted by Gasteiger charge is 2.31. The van der Waals surface area contributed by atoms with Crippen molar-refractivity contribution in [3.8, 4) is 0 Å². The maximum Gasteiger partial charge on any atom is 0.254 e. The summed E-state index contributed by atoms with van der Waals surface area (Å²) in [5, 5.41) is 0. The molecular weight excluding hydrogens is 188 g/mol. The van der Waals surface area contributed by atoms with E-state index in [9.17, 15) is 4.79 Å². The van der Waals surface area contributed by atoms with Crippen LogP contribution in [0.3, 0.4) is 0 Å². The molecule has 2 rings (SSSR count). The fourth-order valence-corrected chi connectivity index (χ4v) is 1.75. The molecule has 1 aromatic carbocycles. The minimum Gasteiger partial charge on any atom is -0.334 e. The second kappa shape index (κ2) is 4.03. The fraction of sp³-hybridized carbons (Fsp3) is 0.417. The van der Waals surface area contributed by atoms with Crippen molar-refractivity contribution >= 4 is 5.91 Å². The Hall–Kier alpha value is -1.35. The third-order valence-corrected chi connectivity index (χ3v) is 2.79. The van der Waals surface area contributed by atoms with Gasteiger partial charge in [0.2, 0.25) is 0 Å². The first-order valence-electron chi connectivity index (χ1n) is 7.40. The van der Waals surface area contributed by atoms with Gasteiger partial charge >= 0.3 is 0 Å². The van der Waals surface area contributed by atoms with Gasteiger partial charge in [-0.05, 0) is 25.4 Å². The number of rotatable bonds is 1. The van der Waals surface area contributed by atoms with Gasteiger partial charge in [0.25, 0.3) is 5.91 Å². The van der Waals surface area contributed by atoms with Crippen LogP contribution in [0.5, 0.6) is 0 Å². The van der Waals surface area contributed by atoms with E-state index in [2.05, 4.69) is 0 Å². The van der Waals surface area contributed by atoms with Crippen LogP contribution >= 0.6 is 0 Å². The van der Waals surface area contributed by atoms with Gasteiger partial charge in [-0.1, -0.05) is 18.1 Å². The van der Waals surface area contributed by atoms with Crippen LogP contribution in [0.25, 0.3) is 0 Å². The van der Waals surface area contributed by atoms with Gasteiger partial charge in [0.15, 0.2) is 0 Å². The molecule has 0 spiro atoms. The van der Waals surface area contributed by atoms with E-state index >= 15 is 0 Å². The summed E-state index contributed by atoms with van der Waals surface area (Å²) in [7, 11) is 0. The molecule has 80 valence electrons. The lowest BCUT2D eigenvalue weighted by Crippen LogP contribution is -2.40. The molecule has 1 aliphatic rings. The molecule has 1 heterocycles. The molecule has 1 amide bonds. The van der Waals surface area contributed by atoms with Crippen molar-refractivity contribution in [3.05, 3.63) is 35.8 Å². The third kappa shape index (κ3) is 1.88. The van der Waals surface area contributed by atoms with Crippen molar-refractivity contribution in [2.24, 2.45) is 5.73 Å². The van der Waals surface area contributed by atoms with Gasteiger partial charge in [0.1, 0.15) is 0 Å². The molecule has 0 radical (unpaired) electrons. The third-order valence-electron chi connectivity index (χ3n) is 2.79. The largest absolute Gasteiger partial charge is 0.334 e. The van der Waals surface area contributed by atoms with Crippen LogP contribution < -0.4 is 5.73 Å². The monoisotopic (exact) mass is 209 g/mol. The highest BCUT2D eigenvalue weighted by molar-refractivity contribution is 5.94. The summed E-state index contributed by atoms with van der Waals surface area (Å²) in [6.07, 6.45) is 0.644. The summed E-state index contributed by atoms with van der Waals surface area (Å²) in [6, 6.07) is -2.77. The Balaban J connectivity index is 2.51. The lowest BCUT2D eigenvalue weighted by Gasteiger charge is -2.23. The molecule has 1 aromatic rings. The van der Waals surface area contributed by atoms with E-state index in [-0.39, 0.29) is 17.6 Å².